The molecule has 6 unspecified atom stereocenters. The highest BCUT2D eigenvalue weighted by Crippen LogP contribution is 2.50. The Morgan fingerprint density at radius 1 is 0.303 bits per heavy atom. The molecule has 6 atom stereocenters. The van der Waals surface area contributed by atoms with Crippen LogP contribution in [0.5, 0.6) is 23.0 Å². The highest BCUT2D eigenvalue weighted by atomic mass is 31.1. The Labute approximate surface area is 385 Å². The van der Waals surface area contributed by atoms with Gasteiger partial charge in [-0.2, -0.15) is 0 Å². The summed E-state index contributed by atoms with van der Waals surface area (Å²) in [7, 11) is -10.9. The molecule has 0 aliphatic carbocycles. The van der Waals surface area contributed by atoms with Crippen LogP contribution in [0.25, 0.3) is 44.5 Å². The van der Waals surface area contributed by atoms with Crippen molar-refractivity contribution >= 4 is 53.3 Å². The van der Waals surface area contributed by atoms with E-state index >= 15 is 0 Å². The van der Waals surface area contributed by atoms with Crippen LogP contribution in [0.3, 0.4) is 0 Å². The summed E-state index contributed by atoms with van der Waals surface area (Å²) in [6.45, 7) is 0. The van der Waals surface area contributed by atoms with Crippen molar-refractivity contribution in [1.29, 1.82) is 0 Å². The van der Waals surface area contributed by atoms with Crippen LogP contribution < -0.4 is 39.3 Å². The van der Waals surface area contributed by atoms with Gasteiger partial charge in [0.15, 0.2) is 0 Å². The third kappa shape index (κ3) is 7.06. The smallest absolute Gasteiger partial charge is 0.266 e. The second-order valence-electron chi connectivity index (χ2n) is 17.1. The first-order valence-corrected chi connectivity index (χ1v) is 27.4. The second-order valence-corrected chi connectivity index (χ2v) is 22.3. The average Bonchev–Trinajstić information content (AvgIpc) is 3.34. The maximum absolute atomic E-state index is 14.4. The number of benzene rings is 8. The number of para-hydroxylation sites is 4. The van der Waals surface area contributed by atoms with Crippen LogP contribution in [0.15, 0.2) is 170 Å². The van der Waals surface area contributed by atoms with E-state index in [1.54, 1.807) is 0 Å². The van der Waals surface area contributed by atoms with Crippen molar-refractivity contribution in [3.05, 3.63) is 192 Å². The normalized spacial score (nSPS) is 18.8. The molecular weight excluding hydrogens is 900 g/mol. The van der Waals surface area contributed by atoms with Gasteiger partial charge < -0.3 is 18.1 Å². The summed E-state index contributed by atoms with van der Waals surface area (Å²) in [6, 6.07) is 55.1. The molecular formula is C54H42O8P4. The van der Waals surface area contributed by atoms with Gasteiger partial charge in [0.1, 0.15) is 23.0 Å². The second kappa shape index (κ2) is 16.9. The van der Waals surface area contributed by atoms with Crippen LogP contribution in [0.1, 0.15) is 46.9 Å². The summed E-state index contributed by atoms with van der Waals surface area (Å²) < 4.78 is 81.8. The average molecular weight is 943 g/mol. The van der Waals surface area contributed by atoms with E-state index in [1.807, 2.05) is 158 Å². The van der Waals surface area contributed by atoms with Crippen molar-refractivity contribution in [2.45, 2.75) is 37.5 Å². The largest absolute Gasteiger partial charge is 0.441 e. The molecule has 12 rings (SSSR count). The fraction of sp³-hybridized carbons (Fsp3) is 0.111. The maximum atomic E-state index is 14.4. The Hall–Kier alpha value is -6.12. The molecule has 12 heteroatoms. The van der Waals surface area contributed by atoms with Crippen molar-refractivity contribution in [3.8, 4) is 67.5 Å². The predicted molar refractivity (Wildman–Crippen MR) is 267 cm³/mol. The van der Waals surface area contributed by atoms with Crippen molar-refractivity contribution in [2.24, 2.45) is 0 Å². The molecule has 0 N–H and O–H groups in total. The lowest BCUT2D eigenvalue weighted by Gasteiger charge is -2.31. The molecule has 4 heterocycles. The summed E-state index contributed by atoms with van der Waals surface area (Å²) >= 11 is 0. The van der Waals surface area contributed by atoms with Crippen LogP contribution in [0, 0.1) is 0 Å². The van der Waals surface area contributed by atoms with Crippen LogP contribution >= 0.6 is 32.1 Å². The van der Waals surface area contributed by atoms with E-state index in [9.17, 15) is 18.3 Å². The standard InChI is InChI=1S/C54H42O8P4/c55-63-51-35(13-9-21-43(51)39-15-1-5-25-47(39)59-63)31-33(37-19-11-23-45-41-17-3-7-27-49(41)61-65(57)53(37)45)29-30-34(38-20-12-24-46-42-18-4-8-28-50(42)62-66(58)54(38)46)32-36-14-10-22-44-40-16-2-6-26-48(40)60-64(56)52(36)44/h1-28,33-34,63-66H,29-32H2. The van der Waals surface area contributed by atoms with Gasteiger partial charge in [-0.1, -0.05) is 146 Å². The molecule has 0 aromatic heterocycles. The Bertz CT molecular complexity index is 3180. The lowest BCUT2D eigenvalue weighted by molar-refractivity contribution is 0.503. The molecule has 0 saturated heterocycles. The van der Waals surface area contributed by atoms with E-state index in [0.29, 0.717) is 69.9 Å². The molecule has 8 aromatic rings. The first-order chi connectivity index (χ1) is 32.4. The SMILES string of the molecule is O=[PH]1Oc2ccccc2-c2cccc(CC(CCC(Cc3cccc4c3[PH](=O)Oc3ccccc3-4)c3cccc4c3[PH](=O)Oc3ccccc3-4)c3cccc4c3[PH](=O)Oc3ccccc3-4)c21. The summed E-state index contributed by atoms with van der Waals surface area (Å²) in [5.41, 5.74) is 10.7. The first-order valence-electron chi connectivity index (χ1n) is 22.2. The molecule has 8 aromatic carbocycles. The Morgan fingerprint density at radius 3 is 0.924 bits per heavy atom. The molecule has 4 aliphatic heterocycles. The van der Waals surface area contributed by atoms with Crippen LogP contribution in [-0.2, 0) is 31.1 Å². The summed E-state index contributed by atoms with van der Waals surface area (Å²) in [5, 5.41) is 2.80. The zero-order valence-electron chi connectivity index (χ0n) is 35.4. The third-order valence-corrected chi connectivity index (χ3v) is 19.1. The fourth-order valence-corrected chi connectivity index (χ4v) is 16.2. The van der Waals surface area contributed by atoms with E-state index in [4.69, 9.17) is 18.1 Å². The summed E-state index contributed by atoms with van der Waals surface area (Å²) in [6.07, 6.45) is 2.13. The first kappa shape index (κ1) is 41.3. The van der Waals surface area contributed by atoms with E-state index in [-0.39, 0.29) is 11.8 Å². The Morgan fingerprint density at radius 2 is 0.576 bits per heavy atom. The van der Waals surface area contributed by atoms with Crippen LogP contribution in [0.2, 0.25) is 0 Å². The van der Waals surface area contributed by atoms with Gasteiger partial charge in [-0.15, -0.1) is 0 Å². The van der Waals surface area contributed by atoms with Crippen LogP contribution in [-0.4, -0.2) is 0 Å². The van der Waals surface area contributed by atoms with Crippen molar-refractivity contribution in [2.75, 3.05) is 0 Å². The van der Waals surface area contributed by atoms with E-state index in [0.717, 1.165) is 66.8 Å². The number of hydrogen-bond donors (Lipinski definition) is 0. The van der Waals surface area contributed by atoms with Gasteiger partial charge >= 0.3 is 0 Å². The summed E-state index contributed by atoms with van der Waals surface area (Å²) in [4.78, 5) is 0. The topological polar surface area (TPSA) is 105 Å². The number of rotatable bonds is 9. The maximum Gasteiger partial charge on any atom is 0.266 e. The third-order valence-electron chi connectivity index (χ3n) is 13.5. The van der Waals surface area contributed by atoms with Gasteiger partial charge in [0, 0.05) is 22.3 Å². The number of hydrogen-bond acceptors (Lipinski definition) is 8. The Kier molecular flexibility index (Phi) is 10.6. The zero-order chi connectivity index (χ0) is 44.5. The van der Waals surface area contributed by atoms with Gasteiger partial charge in [0.05, 0.1) is 21.2 Å². The highest BCUT2D eigenvalue weighted by molar-refractivity contribution is 7.50. The van der Waals surface area contributed by atoms with Crippen molar-refractivity contribution in [3.63, 3.8) is 0 Å². The molecule has 0 amide bonds. The molecule has 326 valence electrons. The van der Waals surface area contributed by atoms with E-state index in [1.165, 1.54) is 0 Å². The lowest BCUT2D eigenvalue weighted by Crippen LogP contribution is -2.24. The molecule has 0 fully saturated rings. The lowest BCUT2D eigenvalue weighted by atomic mass is 9.80. The van der Waals surface area contributed by atoms with E-state index in [2.05, 4.69) is 12.1 Å². The minimum Gasteiger partial charge on any atom is -0.441 e. The van der Waals surface area contributed by atoms with Gasteiger partial charge in [-0.25, -0.2) is 0 Å². The van der Waals surface area contributed by atoms with Gasteiger partial charge in [0.25, 0.3) is 32.1 Å². The molecule has 4 aliphatic rings. The molecule has 8 nitrogen and oxygen atoms in total. The fourth-order valence-electron chi connectivity index (χ4n) is 10.6. The van der Waals surface area contributed by atoms with Gasteiger partial charge in [-0.05, 0) is 106 Å². The van der Waals surface area contributed by atoms with E-state index < -0.39 is 32.1 Å². The number of fused-ring (bicyclic) bond motifs is 12. The minimum absolute atomic E-state index is 0.240. The van der Waals surface area contributed by atoms with Crippen LogP contribution in [0.4, 0.5) is 0 Å². The quantitative estimate of drug-likeness (QED) is 0.132. The predicted octanol–water partition coefficient (Wildman–Crippen LogP) is 12.5. The molecule has 0 spiro atoms. The molecule has 0 saturated carbocycles. The van der Waals surface area contributed by atoms with Crippen molar-refractivity contribution in [1.82, 2.24) is 0 Å². The molecule has 0 radical (unpaired) electrons. The summed E-state index contributed by atoms with van der Waals surface area (Å²) in [5.74, 6) is 1.92. The van der Waals surface area contributed by atoms with Gasteiger partial charge in [-0.3, -0.25) is 18.3 Å². The molecule has 0 bridgehead atoms. The van der Waals surface area contributed by atoms with Crippen molar-refractivity contribution < 1.29 is 36.4 Å². The minimum atomic E-state index is -2.75. The van der Waals surface area contributed by atoms with Gasteiger partial charge in [0.2, 0.25) is 0 Å². The highest BCUT2D eigenvalue weighted by Gasteiger charge is 2.35. The molecule has 66 heavy (non-hydrogen) atoms. The zero-order valence-corrected chi connectivity index (χ0v) is 39.4. The monoisotopic (exact) mass is 942 g/mol. The Balaban J connectivity index is 1.01.